The van der Waals surface area contributed by atoms with E-state index in [-0.39, 0.29) is 23.7 Å². The Morgan fingerprint density at radius 1 is 1.40 bits per heavy atom. The summed E-state index contributed by atoms with van der Waals surface area (Å²) in [4.78, 5) is 22.0. The second-order valence-corrected chi connectivity index (χ2v) is 11.3. The predicted octanol–water partition coefficient (Wildman–Crippen LogP) is 5.05. The minimum absolute atomic E-state index is 0.0217. The molecule has 188 valence electrons. The third-order valence-corrected chi connectivity index (χ3v) is 8.60. The fourth-order valence-electron chi connectivity index (χ4n) is 4.13. The quantitative estimate of drug-likeness (QED) is 0.243. The summed E-state index contributed by atoms with van der Waals surface area (Å²) in [6.07, 6.45) is 4.01. The Hall–Kier alpha value is -2.56. The van der Waals surface area contributed by atoms with Crippen LogP contribution in [0, 0.1) is 11.3 Å². The normalized spacial score (nSPS) is 13.8. The molecule has 3 aromatic rings. The van der Waals surface area contributed by atoms with E-state index in [1.165, 1.54) is 11.8 Å². The van der Waals surface area contributed by atoms with Crippen LogP contribution in [0.15, 0.2) is 34.8 Å². The number of anilines is 2. The molecular weight excluding hydrogens is 480 g/mol. The van der Waals surface area contributed by atoms with Crippen molar-refractivity contribution in [3.63, 3.8) is 0 Å². The Morgan fingerprint density at radius 3 is 2.89 bits per heavy atom. The number of carbonyl (C=O) groups excluding carboxylic acids is 1. The zero-order valence-electron chi connectivity index (χ0n) is 20.8. The highest BCUT2D eigenvalue weighted by molar-refractivity contribution is 7.99. The summed E-state index contributed by atoms with van der Waals surface area (Å²) in [6.45, 7) is 14.2. The number of hydrogen-bond donors (Lipinski definition) is 3. The average molecular weight is 515 g/mol. The van der Waals surface area contributed by atoms with Gasteiger partial charge < -0.3 is 20.3 Å². The molecule has 0 spiro atoms. The van der Waals surface area contributed by atoms with Crippen molar-refractivity contribution >= 4 is 46.5 Å². The van der Waals surface area contributed by atoms with Crippen molar-refractivity contribution < 1.29 is 9.90 Å². The first-order chi connectivity index (χ1) is 16.7. The van der Waals surface area contributed by atoms with Gasteiger partial charge in [0.05, 0.1) is 23.8 Å². The van der Waals surface area contributed by atoms with Gasteiger partial charge in [-0.2, -0.15) is 11.3 Å². The fraction of sp³-hybridized carbons (Fsp3) is 0.480. The lowest BCUT2D eigenvalue weighted by atomic mass is 9.76. The van der Waals surface area contributed by atoms with E-state index >= 15 is 0 Å². The summed E-state index contributed by atoms with van der Waals surface area (Å²) >= 11 is 2.99. The minimum Gasteiger partial charge on any atom is -0.395 e. The number of nitrogens with one attached hydrogen (secondary N) is 2. The second kappa shape index (κ2) is 10.6. The van der Waals surface area contributed by atoms with Gasteiger partial charge in [0.1, 0.15) is 11.5 Å². The molecule has 35 heavy (non-hydrogen) atoms. The number of aromatic nitrogens is 4. The highest BCUT2D eigenvalue weighted by atomic mass is 32.2. The summed E-state index contributed by atoms with van der Waals surface area (Å²) < 4.78 is 3.79. The van der Waals surface area contributed by atoms with Gasteiger partial charge in [-0.3, -0.25) is 9.36 Å². The zero-order chi connectivity index (χ0) is 25.2. The Balaban J connectivity index is 1.44. The summed E-state index contributed by atoms with van der Waals surface area (Å²) in [5.74, 6) is 2.22. The van der Waals surface area contributed by atoms with E-state index in [9.17, 15) is 9.90 Å². The van der Waals surface area contributed by atoms with Gasteiger partial charge in [0.15, 0.2) is 5.16 Å². The molecule has 3 aromatic heterocycles. The van der Waals surface area contributed by atoms with Crippen LogP contribution in [0.5, 0.6) is 0 Å². The van der Waals surface area contributed by atoms with Gasteiger partial charge in [-0.1, -0.05) is 52.5 Å². The number of thioether (sulfide) groups is 1. The van der Waals surface area contributed by atoms with Gasteiger partial charge in [0.2, 0.25) is 11.9 Å². The number of carbonyl (C=O) groups is 1. The highest BCUT2D eigenvalue weighted by Crippen LogP contribution is 2.38. The third kappa shape index (κ3) is 5.34. The number of aliphatic hydroxyl groups is 1. The molecule has 10 heteroatoms. The van der Waals surface area contributed by atoms with Crippen LogP contribution < -0.4 is 10.6 Å². The summed E-state index contributed by atoms with van der Waals surface area (Å²) in [7, 11) is 0. The molecule has 1 aliphatic rings. The lowest BCUT2D eigenvalue weighted by molar-refractivity contribution is -0.118. The first-order valence-electron chi connectivity index (χ1n) is 11.9. The molecule has 4 heterocycles. The summed E-state index contributed by atoms with van der Waals surface area (Å²) in [5.41, 5.74) is 3.50. The number of nitrogens with zero attached hydrogens (tertiary/aromatic N) is 4. The molecule has 0 aliphatic carbocycles. The average Bonchev–Trinajstić information content (AvgIpc) is 3.57. The van der Waals surface area contributed by atoms with Crippen LogP contribution >= 0.6 is 23.1 Å². The van der Waals surface area contributed by atoms with E-state index in [2.05, 4.69) is 50.3 Å². The molecule has 1 atom stereocenters. The van der Waals surface area contributed by atoms with Gasteiger partial charge in [0, 0.05) is 30.2 Å². The van der Waals surface area contributed by atoms with Crippen molar-refractivity contribution in [1.29, 1.82) is 0 Å². The van der Waals surface area contributed by atoms with Crippen LogP contribution in [-0.2, 0) is 11.3 Å². The van der Waals surface area contributed by atoms with Crippen molar-refractivity contribution in [2.24, 2.45) is 11.3 Å². The maximum absolute atomic E-state index is 12.5. The number of thiophene rings is 1. The molecule has 3 N–H and O–H groups in total. The second-order valence-electron chi connectivity index (χ2n) is 9.56. The fourth-order valence-corrected chi connectivity index (χ4v) is 5.63. The molecule has 1 amide bonds. The largest absolute Gasteiger partial charge is 0.395 e. The van der Waals surface area contributed by atoms with E-state index in [1.807, 2.05) is 26.8 Å². The molecule has 0 radical (unpaired) electrons. The van der Waals surface area contributed by atoms with E-state index in [1.54, 1.807) is 11.3 Å². The number of fused-ring (bicyclic) bond motifs is 2. The van der Waals surface area contributed by atoms with Crippen molar-refractivity contribution in [3.8, 4) is 11.3 Å². The van der Waals surface area contributed by atoms with E-state index in [4.69, 9.17) is 9.97 Å². The Labute approximate surface area is 214 Å². The maximum atomic E-state index is 12.5. The summed E-state index contributed by atoms with van der Waals surface area (Å²) in [6, 6.07) is 2.03. The van der Waals surface area contributed by atoms with Crippen molar-refractivity contribution in [3.05, 3.63) is 35.3 Å². The Morgan fingerprint density at radius 2 is 2.20 bits per heavy atom. The zero-order valence-corrected chi connectivity index (χ0v) is 22.4. The molecule has 0 saturated carbocycles. The van der Waals surface area contributed by atoms with Crippen LogP contribution in [0.2, 0.25) is 0 Å². The molecule has 0 fully saturated rings. The lowest BCUT2D eigenvalue weighted by Gasteiger charge is -2.31. The van der Waals surface area contributed by atoms with E-state index in [0.29, 0.717) is 41.5 Å². The Kier molecular flexibility index (Phi) is 7.73. The van der Waals surface area contributed by atoms with Crippen LogP contribution in [0.25, 0.3) is 17.0 Å². The van der Waals surface area contributed by atoms with Gasteiger partial charge in [0.25, 0.3) is 0 Å². The number of imidazole rings is 2. The molecule has 0 aromatic carbocycles. The van der Waals surface area contributed by atoms with Gasteiger partial charge in [-0.05, 0) is 29.2 Å². The molecule has 0 bridgehead atoms. The lowest BCUT2D eigenvalue weighted by Crippen LogP contribution is -2.31. The first-order valence-corrected chi connectivity index (χ1v) is 13.9. The van der Waals surface area contributed by atoms with E-state index in [0.717, 1.165) is 29.9 Å². The maximum Gasteiger partial charge on any atom is 0.230 e. The van der Waals surface area contributed by atoms with Gasteiger partial charge in [-0.15, -0.1) is 0 Å². The molecule has 4 rings (SSSR count). The Bertz CT molecular complexity index is 1200. The number of aliphatic hydroxyl groups excluding tert-OH is 1. The van der Waals surface area contributed by atoms with Crippen LogP contribution in [0.4, 0.5) is 11.8 Å². The van der Waals surface area contributed by atoms with E-state index < -0.39 is 0 Å². The minimum atomic E-state index is -0.0456. The SMILES string of the molecule is C=C1c2nc(SCC(=O)NCCC(C)(C)C(C)CC)n(CCO)c2Nc2nc(-c3ccsc3)cn21. The van der Waals surface area contributed by atoms with Gasteiger partial charge in [-0.25, -0.2) is 9.97 Å². The monoisotopic (exact) mass is 514 g/mol. The molecule has 8 nitrogen and oxygen atoms in total. The van der Waals surface area contributed by atoms with Crippen molar-refractivity contribution in [2.75, 3.05) is 24.2 Å². The van der Waals surface area contributed by atoms with Gasteiger partial charge >= 0.3 is 0 Å². The molecule has 1 aliphatic heterocycles. The molecule has 0 saturated heterocycles. The van der Waals surface area contributed by atoms with Crippen molar-refractivity contribution in [2.45, 2.75) is 52.2 Å². The summed E-state index contributed by atoms with van der Waals surface area (Å²) in [5, 5.41) is 20.8. The van der Waals surface area contributed by atoms with Crippen LogP contribution in [0.1, 0.15) is 46.2 Å². The highest BCUT2D eigenvalue weighted by Gasteiger charge is 2.28. The third-order valence-electron chi connectivity index (χ3n) is 6.94. The van der Waals surface area contributed by atoms with Crippen molar-refractivity contribution in [1.82, 2.24) is 24.4 Å². The molecular formula is C25H34N6O2S2. The van der Waals surface area contributed by atoms with Crippen LogP contribution in [0.3, 0.4) is 0 Å². The topological polar surface area (TPSA) is 97.0 Å². The first kappa shape index (κ1) is 25.5. The number of hydrogen-bond acceptors (Lipinski definition) is 7. The smallest absolute Gasteiger partial charge is 0.230 e. The predicted molar refractivity (Wildman–Crippen MR) is 144 cm³/mol. The van der Waals surface area contributed by atoms with Crippen LogP contribution in [-0.4, -0.2) is 49.0 Å². The number of amides is 1. The standard InChI is InChI=1S/C25H34N6O2S2/c1-6-16(2)25(4,5)8-9-26-20(33)15-35-24-28-21-17(3)31-13-19(18-7-12-34-14-18)27-23(31)29-22(21)30(24)10-11-32/h7,12-14,16,32H,3,6,8-11,15H2,1-2,4-5H3,(H,26,33)(H,27,29). The molecule has 1 unspecified atom stereocenters. The number of rotatable bonds is 11.